The summed E-state index contributed by atoms with van der Waals surface area (Å²) < 4.78 is 4.79. The molecule has 0 aromatic heterocycles. The standard InChI is InChI=1S/C18H23N3O4/c1-5-25-16(23)11-20-18(24)17(12(2)3)21(13(4)22)15-8-6-7-14(9-15)10-19/h6-9,12,17H,5,11H2,1-4H3,(H,20,24). The first-order valence-corrected chi connectivity index (χ1v) is 8.05. The molecule has 0 aliphatic carbocycles. The number of anilines is 1. The van der Waals surface area contributed by atoms with Gasteiger partial charge in [0.25, 0.3) is 0 Å². The molecule has 1 aromatic rings. The number of nitriles is 1. The molecular weight excluding hydrogens is 322 g/mol. The third kappa shape index (κ3) is 5.60. The van der Waals surface area contributed by atoms with Gasteiger partial charge in [-0.2, -0.15) is 5.26 Å². The van der Waals surface area contributed by atoms with Gasteiger partial charge in [-0.1, -0.05) is 19.9 Å². The van der Waals surface area contributed by atoms with Gasteiger partial charge in [-0.15, -0.1) is 0 Å². The fourth-order valence-electron chi connectivity index (χ4n) is 2.46. The van der Waals surface area contributed by atoms with Crippen molar-refractivity contribution < 1.29 is 19.1 Å². The maximum absolute atomic E-state index is 12.6. The fourth-order valence-corrected chi connectivity index (χ4v) is 2.46. The van der Waals surface area contributed by atoms with Gasteiger partial charge < -0.3 is 10.1 Å². The van der Waals surface area contributed by atoms with Crippen LogP contribution in [0.1, 0.15) is 33.3 Å². The van der Waals surface area contributed by atoms with E-state index in [-0.39, 0.29) is 25.0 Å². The van der Waals surface area contributed by atoms with E-state index in [4.69, 9.17) is 10.00 Å². The second kappa shape index (κ2) is 9.42. The summed E-state index contributed by atoms with van der Waals surface area (Å²) in [5.41, 5.74) is 0.842. The van der Waals surface area contributed by atoms with E-state index in [0.29, 0.717) is 11.3 Å². The molecule has 1 unspecified atom stereocenters. The number of nitrogens with zero attached hydrogens (tertiary/aromatic N) is 2. The van der Waals surface area contributed by atoms with E-state index in [2.05, 4.69) is 5.32 Å². The van der Waals surface area contributed by atoms with Gasteiger partial charge in [-0.05, 0) is 31.0 Å². The molecule has 0 spiro atoms. The smallest absolute Gasteiger partial charge is 0.325 e. The first-order valence-electron chi connectivity index (χ1n) is 8.05. The molecule has 0 saturated carbocycles. The summed E-state index contributed by atoms with van der Waals surface area (Å²) in [5, 5.41) is 11.6. The Morgan fingerprint density at radius 3 is 2.52 bits per heavy atom. The summed E-state index contributed by atoms with van der Waals surface area (Å²) in [7, 11) is 0. The van der Waals surface area contributed by atoms with Crippen molar-refractivity contribution in [2.45, 2.75) is 33.7 Å². The Morgan fingerprint density at radius 2 is 2.00 bits per heavy atom. The van der Waals surface area contributed by atoms with Gasteiger partial charge in [0, 0.05) is 12.6 Å². The van der Waals surface area contributed by atoms with Gasteiger partial charge in [0.05, 0.1) is 18.2 Å². The van der Waals surface area contributed by atoms with Crippen molar-refractivity contribution in [1.29, 1.82) is 5.26 Å². The lowest BCUT2D eigenvalue weighted by Gasteiger charge is -2.32. The molecule has 0 saturated heterocycles. The van der Waals surface area contributed by atoms with Gasteiger partial charge in [-0.25, -0.2) is 0 Å². The zero-order valence-electron chi connectivity index (χ0n) is 14.9. The van der Waals surface area contributed by atoms with Crippen LogP contribution in [0.2, 0.25) is 0 Å². The molecule has 2 amide bonds. The fraction of sp³-hybridized carbons (Fsp3) is 0.444. The van der Waals surface area contributed by atoms with E-state index in [1.807, 2.05) is 6.07 Å². The number of hydrogen-bond donors (Lipinski definition) is 1. The van der Waals surface area contributed by atoms with Crippen molar-refractivity contribution in [1.82, 2.24) is 5.32 Å². The lowest BCUT2D eigenvalue weighted by molar-refractivity contribution is -0.143. The van der Waals surface area contributed by atoms with Crippen molar-refractivity contribution in [3.05, 3.63) is 29.8 Å². The van der Waals surface area contributed by atoms with E-state index in [1.54, 1.807) is 45.0 Å². The molecule has 1 aromatic carbocycles. The first kappa shape index (κ1) is 20.2. The molecule has 0 heterocycles. The van der Waals surface area contributed by atoms with Crippen LogP contribution < -0.4 is 10.2 Å². The Labute approximate surface area is 147 Å². The van der Waals surface area contributed by atoms with Crippen molar-refractivity contribution in [2.75, 3.05) is 18.1 Å². The molecule has 134 valence electrons. The molecule has 0 radical (unpaired) electrons. The molecular formula is C18H23N3O4. The molecule has 1 rings (SSSR count). The third-order valence-electron chi connectivity index (χ3n) is 3.48. The second-order valence-corrected chi connectivity index (χ2v) is 5.76. The quantitative estimate of drug-likeness (QED) is 0.757. The molecule has 0 aliphatic rings. The lowest BCUT2D eigenvalue weighted by Crippen LogP contribution is -2.53. The highest BCUT2D eigenvalue weighted by atomic mass is 16.5. The monoisotopic (exact) mass is 345 g/mol. The maximum atomic E-state index is 12.6. The van der Waals surface area contributed by atoms with Crippen molar-refractivity contribution in [3.63, 3.8) is 0 Å². The Balaban J connectivity index is 3.10. The largest absolute Gasteiger partial charge is 0.465 e. The Bertz CT molecular complexity index is 679. The number of carbonyl (C=O) groups excluding carboxylic acids is 3. The molecule has 25 heavy (non-hydrogen) atoms. The molecule has 0 bridgehead atoms. The SMILES string of the molecule is CCOC(=O)CNC(=O)C(C(C)C)N(C(C)=O)c1cccc(C#N)c1. The van der Waals surface area contributed by atoms with Crippen LogP contribution in [0.15, 0.2) is 24.3 Å². The maximum Gasteiger partial charge on any atom is 0.325 e. The van der Waals surface area contributed by atoms with Gasteiger partial charge >= 0.3 is 5.97 Å². The summed E-state index contributed by atoms with van der Waals surface area (Å²) in [5.74, 6) is -1.54. The molecule has 0 aliphatic heterocycles. The van der Waals surface area contributed by atoms with Gasteiger partial charge in [0.1, 0.15) is 12.6 Å². The number of hydrogen-bond acceptors (Lipinski definition) is 5. The minimum atomic E-state index is -0.819. The number of rotatable bonds is 7. The van der Waals surface area contributed by atoms with Gasteiger partial charge in [0.2, 0.25) is 11.8 Å². The first-order chi connectivity index (χ1) is 11.8. The second-order valence-electron chi connectivity index (χ2n) is 5.76. The van der Waals surface area contributed by atoms with E-state index < -0.39 is 17.9 Å². The topological polar surface area (TPSA) is 99.5 Å². The van der Waals surface area contributed by atoms with Gasteiger partial charge in [-0.3, -0.25) is 19.3 Å². The van der Waals surface area contributed by atoms with Crippen LogP contribution >= 0.6 is 0 Å². The number of nitrogens with one attached hydrogen (secondary N) is 1. The van der Waals surface area contributed by atoms with Crippen LogP contribution in [0.3, 0.4) is 0 Å². The summed E-state index contributed by atoms with van der Waals surface area (Å²) in [6, 6.07) is 7.68. The number of benzene rings is 1. The van der Waals surface area contributed by atoms with E-state index >= 15 is 0 Å². The predicted octanol–water partition coefficient (Wildman–Crippen LogP) is 1.62. The Morgan fingerprint density at radius 1 is 1.32 bits per heavy atom. The number of esters is 1. The average Bonchev–Trinajstić information content (AvgIpc) is 2.57. The summed E-state index contributed by atoms with van der Waals surface area (Å²) in [4.78, 5) is 37.6. The Hall–Kier alpha value is -2.88. The van der Waals surface area contributed by atoms with Crippen molar-refractivity contribution in [2.24, 2.45) is 5.92 Å². The number of ether oxygens (including phenoxy) is 1. The summed E-state index contributed by atoms with van der Waals surface area (Å²) in [6.45, 7) is 6.60. The minimum Gasteiger partial charge on any atom is -0.465 e. The van der Waals surface area contributed by atoms with Crippen LogP contribution in [-0.2, 0) is 19.1 Å². The van der Waals surface area contributed by atoms with Crippen molar-refractivity contribution >= 4 is 23.5 Å². The van der Waals surface area contributed by atoms with Crippen molar-refractivity contribution in [3.8, 4) is 6.07 Å². The molecule has 1 atom stereocenters. The molecule has 0 fully saturated rings. The zero-order valence-corrected chi connectivity index (χ0v) is 14.9. The average molecular weight is 345 g/mol. The summed E-state index contributed by atoms with van der Waals surface area (Å²) >= 11 is 0. The van der Waals surface area contributed by atoms with E-state index in [9.17, 15) is 14.4 Å². The van der Waals surface area contributed by atoms with Crippen LogP contribution in [0.5, 0.6) is 0 Å². The van der Waals surface area contributed by atoms with Gasteiger partial charge in [0.15, 0.2) is 0 Å². The van der Waals surface area contributed by atoms with Crippen LogP contribution in [0.25, 0.3) is 0 Å². The molecule has 1 N–H and O–H groups in total. The predicted molar refractivity (Wildman–Crippen MR) is 92.6 cm³/mol. The minimum absolute atomic E-state index is 0.211. The van der Waals surface area contributed by atoms with E-state index in [0.717, 1.165) is 0 Å². The van der Waals surface area contributed by atoms with E-state index in [1.165, 1.54) is 11.8 Å². The highest BCUT2D eigenvalue weighted by Crippen LogP contribution is 2.23. The van der Waals surface area contributed by atoms with Crippen LogP contribution in [0, 0.1) is 17.2 Å². The lowest BCUT2D eigenvalue weighted by atomic mass is 10.00. The molecule has 7 heteroatoms. The number of carbonyl (C=O) groups is 3. The summed E-state index contributed by atoms with van der Waals surface area (Å²) in [6.07, 6.45) is 0. The highest BCUT2D eigenvalue weighted by Gasteiger charge is 2.32. The normalized spacial score (nSPS) is 11.4. The molecule has 7 nitrogen and oxygen atoms in total. The Kier molecular flexibility index (Phi) is 7.60. The zero-order chi connectivity index (χ0) is 19.0. The third-order valence-corrected chi connectivity index (χ3v) is 3.48. The highest BCUT2D eigenvalue weighted by molar-refractivity contribution is 6.00. The van der Waals surface area contributed by atoms with Crippen LogP contribution in [0.4, 0.5) is 5.69 Å². The van der Waals surface area contributed by atoms with Crippen LogP contribution in [-0.4, -0.2) is 37.0 Å². The number of amides is 2.